The molecule has 8 atom stereocenters. The van der Waals surface area contributed by atoms with Gasteiger partial charge in [-0.05, 0) is 50.5 Å². The van der Waals surface area contributed by atoms with E-state index in [-0.39, 0.29) is 54.3 Å². The number of rotatable bonds is 2. The Balaban J connectivity index is 1.57. The largest absolute Gasteiger partial charge is 0.352 e. The van der Waals surface area contributed by atoms with Crippen LogP contribution in [0.3, 0.4) is 0 Å². The van der Waals surface area contributed by atoms with Crippen LogP contribution in [0.5, 0.6) is 0 Å². The molecular weight excluding hydrogens is 426 g/mol. The number of hydrogen-bond acceptors (Lipinski definition) is 4. The van der Waals surface area contributed by atoms with Crippen LogP contribution in [0.15, 0.2) is 54.1 Å². The van der Waals surface area contributed by atoms with E-state index in [1.54, 1.807) is 0 Å². The van der Waals surface area contributed by atoms with Crippen LogP contribution in [0.1, 0.15) is 52.5 Å². The molecule has 2 saturated heterocycles. The fourth-order valence-electron chi connectivity index (χ4n) is 7.18. The SMILES string of the molecule is CC1=C[C@@H]2/C=C/C[C@H](C)[C@@H]3OCO[C@]3(C)CCC(=O)[C@]23C(=O)N[C@@H](Cc2ccccc2)[C@@H]3[C@@H]1C. The minimum atomic E-state index is -1.08. The van der Waals surface area contributed by atoms with E-state index in [0.717, 1.165) is 12.8 Å². The molecule has 2 aliphatic carbocycles. The van der Waals surface area contributed by atoms with Crippen LogP contribution in [-0.4, -0.2) is 36.2 Å². The molecule has 0 bridgehead atoms. The third-order valence-electron chi connectivity index (χ3n) is 9.09. The first-order chi connectivity index (χ1) is 16.3. The first-order valence-corrected chi connectivity index (χ1v) is 12.8. The Bertz CT molecular complexity index is 1020. The van der Waals surface area contributed by atoms with Gasteiger partial charge in [-0.1, -0.05) is 68.0 Å². The lowest BCUT2D eigenvalue weighted by Crippen LogP contribution is -2.52. The van der Waals surface area contributed by atoms with Gasteiger partial charge in [0.05, 0.1) is 11.7 Å². The Morgan fingerprint density at radius 3 is 2.68 bits per heavy atom. The summed E-state index contributed by atoms with van der Waals surface area (Å²) in [6.07, 6.45) is 8.84. The highest BCUT2D eigenvalue weighted by molar-refractivity contribution is 6.09. The van der Waals surface area contributed by atoms with Gasteiger partial charge in [0.25, 0.3) is 0 Å². The first kappa shape index (κ1) is 23.5. The van der Waals surface area contributed by atoms with E-state index in [0.29, 0.717) is 12.8 Å². The molecule has 2 fully saturated rings. The Morgan fingerprint density at radius 2 is 1.91 bits per heavy atom. The summed E-state index contributed by atoms with van der Waals surface area (Å²) in [5.74, 6) is 0.0167. The van der Waals surface area contributed by atoms with Crippen molar-refractivity contribution < 1.29 is 19.1 Å². The molecule has 0 radical (unpaired) electrons. The van der Waals surface area contributed by atoms with Gasteiger partial charge in [0.15, 0.2) is 0 Å². The van der Waals surface area contributed by atoms with Crippen LogP contribution in [0.25, 0.3) is 0 Å². The number of amides is 1. The van der Waals surface area contributed by atoms with Gasteiger partial charge < -0.3 is 14.8 Å². The van der Waals surface area contributed by atoms with E-state index < -0.39 is 11.0 Å². The summed E-state index contributed by atoms with van der Waals surface area (Å²) >= 11 is 0. The topological polar surface area (TPSA) is 64.6 Å². The number of carbonyl (C=O) groups is 2. The fourth-order valence-corrected chi connectivity index (χ4v) is 7.18. The monoisotopic (exact) mass is 463 g/mol. The summed E-state index contributed by atoms with van der Waals surface area (Å²) in [5.41, 5.74) is 0.852. The lowest BCUT2D eigenvalue weighted by molar-refractivity contribution is -0.146. The predicted octanol–water partition coefficient (Wildman–Crippen LogP) is 4.62. The highest BCUT2D eigenvalue weighted by Gasteiger charge is 2.65. The number of carbonyl (C=O) groups excluding carboxylic acids is 2. The third kappa shape index (κ3) is 3.59. The lowest BCUT2D eigenvalue weighted by atomic mass is 9.54. The molecule has 0 aromatic heterocycles. The van der Waals surface area contributed by atoms with E-state index in [2.05, 4.69) is 63.4 Å². The molecule has 4 aliphatic rings. The Labute approximate surface area is 203 Å². The molecule has 2 heterocycles. The number of benzene rings is 1. The zero-order valence-electron chi connectivity index (χ0n) is 20.8. The van der Waals surface area contributed by atoms with Gasteiger partial charge in [0, 0.05) is 24.3 Å². The summed E-state index contributed by atoms with van der Waals surface area (Å²) in [6.45, 7) is 8.84. The van der Waals surface area contributed by atoms with Crippen molar-refractivity contribution in [3.05, 3.63) is 59.7 Å². The van der Waals surface area contributed by atoms with Crippen molar-refractivity contribution in [3.8, 4) is 0 Å². The highest BCUT2D eigenvalue weighted by atomic mass is 16.7. The van der Waals surface area contributed by atoms with Crippen molar-refractivity contribution >= 4 is 11.7 Å². The molecule has 34 heavy (non-hydrogen) atoms. The van der Waals surface area contributed by atoms with Gasteiger partial charge in [0.2, 0.25) is 5.91 Å². The highest BCUT2D eigenvalue weighted by Crippen LogP contribution is 2.55. The Kier molecular flexibility index (Phi) is 6.06. The van der Waals surface area contributed by atoms with Crippen LogP contribution >= 0.6 is 0 Å². The number of nitrogens with one attached hydrogen (secondary N) is 1. The standard InChI is InChI=1S/C29H37NO4/c1-18-9-8-12-22-15-19(2)20(3)25-23(16-21-10-6-5-7-11-21)30-27(32)29(22,25)24(31)13-14-28(4)26(18)33-17-34-28/h5-8,10-12,15,18,20,22-23,25-26H,9,13-14,16-17H2,1-4H3,(H,30,32)/b12-8+/t18-,20+,22-,23-,25-,26-,28+,29+/m0/s1. The zero-order chi connectivity index (χ0) is 24.1. The van der Waals surface area contributed by atoms with Crippen molar-refractivity contribution in [1.29, 1.82) is 0 Å². The Morgan fingerprint density at radius 1 is 1.15 bits per heavy atom. The second kappa shape index (κ2) is 8.76. The van der Waals surface area contributed by atoms with Crippen LogP contribution in [0, 0.1) is 29.1 Å². The molecule has 2 aliphatic heterocycles. The fraction of sp³-hybridized carbons (Fsp3) is 0.586. The van der Waals surface area contributed by atoms with Gasteiger partial charge in [-0.25, -0.2) is 0 Å². The molecular formula is C29H37NO4. The van der Waals surface area contributed by atoms with Gasteiger partial charge in [0.1, 0.15) is 18.0 Å². The van der Waals surface area contributed by atoms with Crippen molar-refractivity contribution in [3.63, 3.8) is 0 Å². The van der Waals surface area contributed by atoms with Gasteiger partial charge in [-0.15, -0.1) is 0 Å². The maximum Gasteiger partial charge on any atom is 0.235 e. The zero-order valence-corrected chi connectivity index (χ0v) is 20.8. The average Bonchev–Trinajstić information content (AvgIpc) is 3.34. The predicted molar refractivity (Wildman–Crippen MR) is 131 cm³/mol. The van der Waals surface area contributed by atoms with E-state index in [1.807, 2.05) is 18.2 Å². The summed E-state index contributed by atoms with van der Waals surface area (Å²) < 4.78 is 12.0. The molecule has 1 spiro atoms. The lowest BCUT2D eigenvalue weighted by Gasteiger charge is -2.45. The summed E-state index contributed by atoms with van der Waals surface area (Å²) in [5, 5.41) is 3.30. The third-order valence-corrected chi connectivity index (χ3v) is 9.09. The van der Waals surface area contributed by atoms with E-state index in [1.165, 1.54) is 11.1 Å². The van der Waals surface area contributed by atoms with Crippen LogP contribution < -0.4 is 5.32 Å². The molecule has 1 aromatic carbocycles. The molecule has 5 nitrogen and oxygen atoms in total. The average molecular weight is 464 g/mol. The normalized spacial score (nSPS) is 43.1. The summed E-state index contributed by atoms with van der Waals surface area (Å²) in [7, 11) is 0. The van der Waals surface area contributed by atoms with Crippen molar-refractivity contribution in [1.82, 2.24) is 5.32 Å². The number of ketones is 1. The molecule has 1 aromatic rings. The molecule has 182 valence electrons. The molecule has 1 N–H and O–H groups in total. The Hall–Kier alpha value is -2.24. The summed E-state index contributed by atoms with van der Waals surface area (Å²) in [4.78, 5) is 28.1. The van der Waals surface area contributed by atoms with Crippen LogP contribution in [0.2, 0.25) is 0 Å². The minimum absolute atomic E-state index is 0.0424. The van der Waals surface area contributed by atoms with E-state index >= 15 is 0 Å². The number of hydrogen-bond donors (Lipinski definition) is 1. The molecule has 1 amide bonds. The number of allylic oxidation sites excluding steroid dienone is 4. The maximum atomic E-state index is 14.2. The molecule has 0 saturated carbocycles. The van der Waals surface area contributed by atoms with Crippen molar-refractivity contribution in [2.75, 3.05) is 6.79 Å². The molecule has 5 heteroatoms. The second-order valence-electron chi connectivity index (χ2n) is 11.1. The van der Waals surface area contributed by atoms with Gasteiger partial charge in [-0.2, -0.15) is 0 Å². The van der Waals surface area contributed by atoms with Gasteiger partial charge >= 0.3 is 0 Å². The maximum absolute atomic E-state index is 14.2. The quantitative estimate of drug-likeness (QED) is 0.514. The van der Waals surface area contributed by atoms with E-state index in [4.69, 9.17) is 9.47 Å². The molecule has 5 rings (SSSR count). The first-order valence-electron chi connectivity index (χ1n) is 12.8. The number of Topliss-reactive ketones (excluding diaryl/α,β-unsaturated/α-hetero) is 1. The van der Waals surface area contributed by atoms with Crippen LogP contribution in [0.4, 0.5) is 0 Å². The van der Waals surface area contributed by atoms with Gasteiger partial charge in [-0.3, -0.25) is 9.59 Å². The summed E-state index contributed by atoms with van der Waals surface area (Å²) in [6, 6.07) is 10.2. The number of ether oxygens (including phenoxy) is 2. The van der Waals surface area contributed by atoms with Crippen molar-refractivity contribution in [2.24, 2.45) is 29.1 Å². The minimum Gasteiger partial charge on any atom is -0.352 e. The van der Waals surface area contributed by atoms with Crippen LogP contribution in [-0.2, 0) is 25.5 Å². The number of fused-ring (bicyclic) bond motifs is 1. The second-order valence-corrected chi connectivity index (χ2v) is 11.1. The smallest absolute Gasteiger partial charge is 0.235 e. The van der Waals surface area contributed by atoms with Crippen molar-refractivity contribution in [2.45, 2.75) is 71.1 Å². The molecule has 0 unspecified atom stereocenters. The van der Waals surface area contributed by atoms with E-state index in [9.17, 15) is 9.59 Å².